The number of hydrogen-bond acceptors (Lipinski definition) is 5. The number of amides is 1. The van der Waals surface area contributed by atoms with E-state index in [1.54, 1.807) is 26.0 Å². The Labute approximate surface area is 138 Å². The maximum absolute atomic E-state index is 11.9. The maximum Gasteiger partial charge on any atom is 0.311 e. The number of carbonyl (C=O) groups excluding carboxylic acids is 1. The van der Waals surface area contributed by atoms with Crippen LogP contribution in [0.1, 0.15) is 26.7 Å². The van der Waals surface area contributed by atoms with Crippen LogP contribution in [0.3, 0.4) is 0 Å². The zero-order valence-corrected chi connectivity index (χ0v) is 13.9. The monoisotopic (exact) mass is 340 g/mol. The maximum atomic E-state index is 11.9. The van der Waals surface area contributed by atoms with Crippen LogP contribution in [0, 0.1) is 15.5 Å². The zero-order chi connectivity index (χ0) is 17.5. The molecule has 1 amide bonds. The first kappa shape index (κ1) is 19.0. The molecule has 0 unspecified atom stereocenters. The third kappa shape index (κ3) is 5.24. The lowest BCUT2D eigenvalue weighted by Gasteiger charge is -2.26. The number of nitro benzene ring substituents is 1. The van der Waals surface area contributed by atoms with E-state index in [0.29, 0.717) is 12.8 Å². The van der Waals surface area contributed by atoms with E-state index in [2.05, 4.69) is 5.32 Å². The minimum Gasteiger partial charge on any atom is -0.481 e. The van der Waals surface area contributed by atoms with E-state index < -0.39 is 16.3 Å². The van der Waals surface area contributed by atoms with Gasteiger partial charge in [0.1, 0.15) is 0 Å². The Morgan fingerprint density at radius 3 is 2.26 bits per heavy atom. The van der Waals surface area contributed by atoms with Crippen LogP contribution in [0.2, 0.25) is 0 Å². The van der Waals surface area contributed by atoms with Crippen molar-refractivity contribution in [2.45, 2.75) is 31.6 Å². The van der Waals surface area contributed by atoms with Crippen LogP contribution in [0.4, 0.5) is 5.69 Å². The Morgan fingerprint density at radius 1 is 1.26 bits per heavy atom. The van der Waals surface area contributed by atoms with E-state index in [1.165, 1.54) is 23.9 Å². The summed E-state index contributed by atoms with van der Waals surface area (Å²) >= 11 is 1.24. The Balaban J connectivity index is 2.51. The highest BCUT2D eigenvalue weighted by molar-refractivity contribution is 8.00. The summed E-state index contributed by atoms with van der Waals surface area (Å²) in [6.07, 6.45) is 0.878. The molecule has 0 saturated carbocycles. The summed E-state index contributed by atoms with van der Waals surface area (Å²) in [5, 5.41) is 22.5. The second-order valence-corrected chi connectivity index (χ2v) is 6.16. The normalized spacial score (nSPS) is 11.0. The zero-order valence-electron chi connectivity index (χ0n) is 13.1. The molecule has 0 aliphatic rings. The number of carboxylic acid groups (broad SMARTS) is 1. The van der Waals surface area contributed by atoms with Gasteiger partial charge in [-0.1, -0.05) is 13.8 Å². The fourth-order valence-corrected chi connectivity index (χ4v) is 2.74. The molecule has 1 rings (SSSR count). The van der Waals surface area contributed by atoms with Crippen LogP contribution < -0.4 is 5.32 Å². The van der Waals surface area contributed by atoms with E-state index in [-0.39, 0.29) is 23.9 Å². The van der Waals surface area contributed by atoms with Crippen molar-refractivity contribution in [2.24, 2.45) is 5.41 Å². The van der Waals surface area contributed by atoms with Crippen molar-refractivity contribution < 1.29 is 19.6 Å². The third-order valence-corrected chi connectivity index (χ3v) is 4.86. The Morgan fingerprint density at radius 2 is 1.83 bits per heavy atom. The van der Waals surface area contributed by atoms with Crippen molar-refractivity contribution in [3.8, 4) is 0 Å². The summed E-state index contributed by atoms with van der Waals surface area (Å²) in [4.78, 5) is 34.0. The molecule has 0 radical (unpaired) electrons. The molecule has 0 saturated heterocycles. The van der Waals surface area contributed by atoms with E-state index in [4.69, 9.17) is 0 Å². The summed E-state index contributed by atoms with van der Waals surface area (Å²) in [6.45, 7) is 3.67. The molecule has 0 bridgehead atoms. The highest BCUT2D eigenvalue weighted by Gasteiger charge is 2.35. The molecule has 23 heavy (non-hydrogen) atoms. The van der Waals surface area contributed by atoms with Gasteiger partial charge in [-0.2, -0.15) is 0 Å². The number of non-ortho nitro benzene ring substituents is 1. The van der Waals surface area contributed by atoms with Crippen LogP contribution in [0.15, 0.2) is 29.2 Å². The molecular weight excluding hydrogens is 320 g/mol. The Kier molecular flexibility index (Phi) is 7.02. The minimum atomic E-state index is -0.937. The molecule has 126 valence electrons. The number of hydrogen-bond donors (Lipinski definition) is 2. The van der Waals surface area contributed by atoms with Gasteiger partial charge in [0.15, 0.2) is 0 Å². The van der Waals surface area contributed by atoms with Gasteiger partial charge in [-0.25, -0.2) is 0 Å². The molecule has 0 aromatic heterocycles. The van der Waals surface area contributed by atoms with Gasteiger partial charge in [-0.05, 0) is 25.0 Å². The number of thioether (sulfide) groups is 1. The van der Waals surface area contributed by atoms with Crippen molar-refractivity contribution >= 4 is 29.3 Å². The summed E-state index contributed by atoms with van der Waals surface area (Å²) in [6, 6.07) is 5.92. The van der Waals surface area contributed by atoms with Crippen molar-refractivity contribution in [1.82, 2.24) is 5.32 Å². The van der Waals surface area contributed by atoms with Crippen molar-refractivity contribution in [3.05, 3.63) is 34.4 Å². The van der Waals surface area contributed by atoms with E-state index in [9.17, 15) is 24.8 Å². The van der Waals surface area contributed by atoms with E-state index >= 15 is 0 Å². The first-order valence-electron chi connectivity index (χ1n) is 7.22. The fraction of sp³-hybridized carbons (Fsp3) is 0.467. The van der Waals surface area contributed by atoms with Gasteiger partial charge in [0.2, 0.25) is 5.91 Å². The number of benzene rings is 1. The predicted octanol–water partition coefficient (Wildman–Crippen LogP) is 2.69. The highest BCUT2D eigenvalue weighted by Crippen LogP contribution is 2.26. The van der Waals surface area contributed by atoms with Gasteiger partial charge >= 0.3 is 5.97 Å². The van der Waals surface area contributed by atoms with Crippen molar-refractivity contribution in [2.75, 3.05) is 12.3 Å². The summed E-state index contributed by atoms with van der Waals surface area (Å²) < 4.78 is 0. The van der Waals surface area contributed by atoms with Gasteiger partial charge in [0.25, 0.3) is 5.69 Å². The van der Waals surface area contributed by atoms with E-state index in [1.807, 2.05) is 0 Å². The molecule has 0 aliphatic carbocycles. The average molecular weight is 340 g/mol. The van der Waals surface area contributed by atoms with Crippen LogP contribution in [-0.4, -0.2) is 34.2 Å². The Hall–Kier alpha value is -2.09. The number of carboxylic acids is 1. The number of rotatable bonds is 9. The highest BCUT2D eigenvalue weighted by atomic mass is 32.2. The summed E-state index contributed by atoms with van der Waals surface area (Å²) in [5.41, 5.74) is -0.941. The van der Waals surface area contributed by atoms with Gasteiger partial charge in [0.05, 0.1) is 16.1 Å². The number of nitrogens with zero attached hydrogens (tertiary/aromatic N) is 1. The molecule has 0 heterocycles. The number of aliphatic carboxylic acids is 1. The molecular formula is C15H20N2O5S. The standard InChI is InChI=1S/C15H20N2O5S/c1-3-15(4-2,14(19)20)10-16-13(18)9-23-12-7-5-11(6-8-12)17(21)22/h5-8H,3-4,9-10H2,1-2H3,(H,16,18)(H,19,20). The van der Waals surface area contributed by atoms with Crippen molar-refractivity contribution in [3.63, 3.8) is 0 Å². The smallest absolute Gasteiger partial charge is 0.311 e. The number of nitrogens with one attached hydrogen (secondary N) is 1. The van der Waals surface area contributed by atoms with Gasteiger partial charge in [-0.15, -0.1) is 11.8 Å². The average Bonchev–Trinajstić information content (AvgIpc) is 2.54. The molecule has 7 nitrogen and oxygen atoms in total. The molecule has 1 aromatic rings. The lowest BCUT2D eigenvalue weighted by Crippen LogP contribution is -2.42. The molecule has 8 heteroatoms. The van der Waals surface area contributed by atoms with Crippen molar-refractivity contribution in [1.29, 1.82) is 0 Å². The predicted molar refractivity (Wildman–Crippen MR) is 87.5 cm³/mol. The number of carbonyl (C=O) groups is 2. The molecule has 2 N–H and O–H groups in total. The lowest BCUT2D eigenvalue weighted by atomic mass is 9.82. The second-order valence-electron chi connectivity index (χ2n) is 5.11. The number of nitro groups is 1. The fourth-order valence-electron chi connectivity index (χ4n) is 2.01. The third-order valence-electron chi connectivity index (χ3n) is 3.85. The summed E-state index contributed by atoms with van der Waals surface area (Å²) in [5.74, 6) is -1.05. The van der Waals surface area contributed by atoms with Crippen LogP contribution in [0.5, 0.6) is 0 Å². The minimum absolute atomic E-state index is 0.00376. The lowest BCUT2D eigenvalue weighted by molar-refractivity contribution is -0.384. The molecule has 0 spiro atoms. The second kappa shape index (κ2) is 8.52. The van der Waals surface area contributed by atoms with Crippen LogP contribution >= 0.6 is 11.8 Å². The Bertz CT molecular complexity index is 570. The van der Waals surface area contributed by atoms with Gasteiger partial charge in [-0.3, -0.25) is 19.7 Å². The molecule has 1 aromatic carbocycles. The molecule has 0 aliphatic heterocycles. The van der Waals surface area contributed by atoms with E-state index in [0.717, 1.165) is 4.90 Å². The largest absolute Gasteiger partial charge is 0.481 e. The van der Waals surface area contributed by atoms with Crippen LogP contribution in [-0.2, 0) is 9.59 Å². The topological polar surface area (TPSA) is 110 Å². The quantitative estimate of drug-likeness (QED) is 0.406. The first-order valence-corrected chi connectivity index (χ1v) is 8.20. The SMILES string of the molecule is CCC(CC)(CNC(=O)CSc1ccc([N+](=O)[O-])cc1)C(=O)O. The molecule has 0 atom stereocenters. The van der Waals surface area contributed by atoms with Crippen LogP contribution in [0.25, 0.3) is 0 Å². The van der Waals surface area contributed by atoms with Gasteiger partial charge < -0.3 is 10.4 Å². The molecule has 0 fully saturated rings. The van der Waals surface area contributed by atoms with Gasteiger partial charge in [0, 0.05) is 23.6 Å². The summed E-state index contributed by atoms with van der Waals surface area (Å²) in [7, 11) is 0. The first-order chi connectivity index (χ1) is 10.8.